The molecule has 2 aromatic heterocycles. The van der Waals surface area contributed by atoms with E-state index in [9.17, 15) is 14.7 Å². The van der Waals surface area contributed by atoms with Gasteiger partial charge in [-0.15, -0.1) is 0 Å². The number of hydrogen-bond acceptors (Lipinski definition) is 6. The largest absolute Gasteiger partial charge is 0.507 e. The maximum Gasteiger partial charge on any atom is 0.281 e. The second-order valence-corrected chi connectivity index (χ2v) is 12.5. The summed E-state index contributed by atoms with van der Waals surface area (Å²) in [6.45, 7) is 9.91. The molecular weight excluding hydrogens is 571 g/mol. The van der Waals surface area contributed by atoms with Crippen molar-refractivity contribution in [1.29, 1.82) is 0 Å². The van der Waals surface area contributed by atoms with Crippen LogP contribution in [0.2, 0.25) is 0 Å². The lowest BCUT2D eigenvalue weighted by atomic mass is 9.89. The highest BCUT2D eigenvalue weighted by Crippen LogP contribution is 2.47. The van der Waals surface area contributed by atoms with Gasteiger partial charge in [0.15, 0.2) is 5.82 Å². The number of phenols is 1. The van der Waals surface area contributed by atoms with Gasteiger partial charge in [-0.05, 0) is 48.8 Å². The fourth-order valence-electron chi connectivity index (χ4n) is 6.71. The van der Waals surface area contributed by atoms with Crippen LogP contribution in [0.5, 0.6) is 5.75 Å². The fourth-order valence-corrected chi connectivity index (χ4v) is 6.71. The molecule has 0 radical (unpaired) electrons. The van der Waals surface area contributed by atoms with Crippen LogP contribution in [-0.4, -0.2) is 45.2 Å². The van der Waals surface area contributed by atoms with Crippen LogP contribution in [0, 0.1) is 23.4 Å². The number of amides is 1. The van der Waals surface area contributed by atoms with Crippen LogP contribution in [0.15, 0.2) is 35.4 Å². The van der Waals surface area contributed by atoms with Gasteiger partial charge in [-0.25, -0.2) is 23.1 Å². The number of aromatic hydroxyl groups is 1. The minimum atomic E-state index is -1.23. The van der Waals surface area contributed by atoms with E-state index >= 15 is 13.2 Å². The highest BCUT2D eigenvalue weighted by Gasteiger charge is 2.44. The fraction of sp³-hybridized carbons (Fsp3) is 0.394. The van der Waals surface area contributed by atoms with Crippen LogP contribution in [-0.2, 0) is 4.79 Å². The molecule has 0 bridgehead atoms. The Morgan fingerprint density at radius 3 is 2.18 bits per heavy atom. The highest BCUT2D eigenvalue weighted by molar-refractivity contribution is 6.12. The van der Waals surface area contributed by atoms with E-state index in [0.29, 0.717) is 24.4 Å². The first-order valence-electron chi connectivity index (χ1n) is 14.8. The van der Waals surface area contributed by atoms with Crippen molar-refractivity contribution in [3.05, 3.63) is 69.8 Å². The van der Waals surface area contributed by atoms with Crippen LogP contribution in [0.4, 0.5) is 24.5 Å². The standard InChI is InChI=1S/C33H34F3N5O3/c1-15(2)26-30(27(16(3)4)38-14-37-26)41-28-18(12-20(35)24(25(28)36)23-19(34)8-7-9-22(23)42)29-31(33(41)44)39(6)32(43)21-11-10-17(5)13-40(21)29/h7-9,12,14-17,21,42H,10-11,13H2,1-6H3/t17-,21+/m0/s1. The average Bonchev–Trinajstić information content (AvgIpc) is 2.96. The molecule has 2 aliphatic rings. The molecule has 0 aliphatic carbocycles. The number of nitrogens with zero attached hydrogens (tertiary/aromatic N) is 5. The zero-order valence-corrected chi connectivity index (χ0v) is 25.5. The number of piperidine rings is 1. The lowest BCUT2D eigenvalue weighted by Gasteiger charge is -2.46. The van der Waals surface area contributed by atoms with Crippen molar-refractivity contribution in [3.63, 3.8) is 0 Å². The molecule has 230 valence electrons. The number of carbonyl (C=O) groups is 1. The second kappa shape index (κ2) is 10.6. The predicted octanol–water partition coefficient (Wildman–Crippen LogP) is 6.40. The summed E-state index contributed by atoms with van der Waals surface area (Å²) in [5.74, 6) is -4.65. The molecule has 2 aromatic carbocycles. The maximum atomic E-state index is 17.2. The molecule has 8 nitrogen and oxygen atoms in total. The molecule has 1 N–H and O–H groups in total. The Kier molecular flexibility index (Phi) is 7.17. The van der Waals surface area contributed by atoms with Crippen molar-refractivity contribution >= 4 is 28.2 Å². The third-order valence-electron chi connectivity index (χ3n) is 8.79. The molecule has 11 heteroatoms. The number of rotatable bonds is 4. The van der Waals surface area contributed by atoms with Crippen molar-refractivity contribution in [3.8, 4) is 22.6 Å². The number of anilines is 2. The molecule has 1 saturated heterocycles. The molecule has 0 saturated carbocycles. The van der Waals surface area contributed by atoms with Crippen LogP contribution >= 0.6 is 0 Å². The number of benzene rings is 2. The van der Waals surface area contributed by atoms with E-state index < -0.39 is 45.9 Å². The van der Waals surface area contributed by atoms with E-state index in [4.69, 9.17) is 0 Å². The lowest BCUT2D eigenvalue weighted by molar-refractivity contribution is -0.120. The van der Waals surface area contributed by atoms with Gasteiger partial charge in [0.25, 0.3) is 5.56 Å². The number of likely N-dealkylation sites (N-methyl/N-ethyl adjacent to an activating group) is 1. The van der Waals surface area contributed by atoms with Crippen molar-refractivity contribution in [2.24, 2.45) is 5.92 Å². The first-order valence-corrected chi connectivity index (χ1v) is 14.8. The Bertz CT molecular complexity index is 1860. The number of carbonyl (C=O) groups excluding carboxylic acids is 1. The molecule has 6 rings (SSSR count). The van der Waals surface area contributed by atoms with E-state index in [1.807, 2.05) is 34.6 Å². The Balaban J connectivity index is 1.88. The third-order valence-corrected chi connectivity index (χ3v) is 8.79. The number of fused-ring (bicyclic) bond motifs is 5. The number of phenolic OH excluding ortho intramolecular Hbond substituents is 1. The summed E-state index contributed by atoms with van der Waals surface area (Å²) in [5, 5.41) is 10.6. The summed E-state index contributed by atoms with van der Waals surface area (Å²) in [7, 11) is 1.50. The molecule has 1 amide bonds. The number of aromatic nitrogens is 3. The summed E-state index contributed by atoms with van der Waals surface area (Å²) < 4.78 is 49.6. The molecule has 44 heavy (non-hydrogen) atoms. The Morgan fingerprint density at radius 2 is 1.57 bits per heavy atom. The van der Waals surface area contributed by atoms with Gasteiger partial charge in [-0.1, -0.05) is 40.7 Å². The second-order valence-electron chi connectivity index (χ2n) is 12.5. The Labute approximate surface area is 252 Å². The molecule has 4 heterocycles. The lowest BCUT2D eigenvalue weighted by Crippen LogP contribution is -2.57. The first kappa shape index (κ1) is 29.7. The van der Waals surface area contributed by atoms with Gasteiger partial charge in [0.1, 0.15) is 35.4 Å². The topological polar surface area (TPSA) is 91.6 Å². The van der Waals surface area contributed by atoms with Crippen molar-refractivity contribution < 1.29 is 23.1 Å². The number of hydrogen-bond donors (Lipinski definition) is 1. The first-order chi connectivity index (χ1) is 20.8. The van der Waals surface area contributed by atoms with E-state index in [2.05, 4.69) is 9.97 Å². The zero-order chi connectivity index (χ0) is 31.8. The van der Waals surface area contributed by atoms with E-state index in [0.717, 1.165) is 29.2 Å². The molecule has 2 aliphatic heterocycles. The predicted molar refractivity (Wildman–Crippen MR) is 163 cm³/mol. The monoisotopic (exact) mass is 605 g/mol. The van der Waals surface area contributed by atoms with Gasteiger partial charge in [-0.2, -0.15) is 0 Å². The van der Waals surface area contributed by atoms with Crippen molar-refractivity contribution in [1.82, 2.24) is 14.5 Å². The average molecular weight is 606 g/mol. The summed E-state index contributed by atoms with van der Waals surface area (Å²) in [6.07, 6.45) is 2.68. The molecule has 1 fully saturated rings. The van der Waals surface area contributed by atoms with Gasteiger partial charge in [0, 0.05) is 19.0 Å². The summed E-state index contributed by atoms with van der Waals surface area (Å²) in [5.41, 5.74) is -1.15. The highest BCUT2D eigenvalue weighted by atomic mass is 19.1. The normalized spacial score (nSPS) is 18.4. The Hall–Kier alpha value is -4.41. The molecule has 0 unspecified atom stereocenters. The minimum Gasteiger partial charge on any atom is -0.507 e. The summed E-state index contributed by atoms with van der Waals surface area (Å²) >= 11 is 0. The molecule has 4 aromatic rings. The van der Waals surface area contributed by atoms with Gasteiger partial charge < -0.3 is 14.9 Å². The third kappa shape index (κ3) is 4.27. The summed E-state index contributed by atoms with van der Waals surface area (Å²) in [6, 6.07) is 3.83. The van der Waals surface area contributed by atoms with Crippen LogP contribution in [0.3, 0.4) is 0 Å². The van der Waals surface area contributed by atoms with Crippen LogP contribution in [0.25, 0.3) is 27.7 Å². The van der Waals surface area contributed by atoms with Crippen molar-refractivity contribution in [2.45, 2.75) is 65.3 Å². The molecular formula is C33H34F3N5O3. The zero-order valence-electron chi connectivity index (χ0n) is 25.5. The number of pyridine rings is 1. The van der Waals surface area contributed by atoms with Crippen LogP contribution < -0.4 is 15.4 Å². The minimum absolute atomic E-state index is 0.0126. The van der Waals surface area contributed by atoms with E-state index in [1.54, 1.807) is 4.90 Å². The van der Waals surface area contributed by atoms with Gasteiger partial charge in [0.2, 0.25) is 5.91 Å². The smallest absolute Gasteiger partial charge is 0.281 e. The van der Waals surface area contributed by atoms with Gasteiger partial charge >= 0.3 is 0 Å². The van der Waals surface area contributed by atoms with E-state index in [-0.39, 0.29) is 51.6 Å². The van der Waals surface area contributed by atoms with Gasteiger partial charge in [0.05, 0.1) is 39.4 Å². The quantitative estimate of drug-likeness (QED) is 0.290. The van der Waals surface area contributed by atoms with E-state index in [1.165, 1.54) is 24.3 Å². The SMILES string of the molecule is CC(C)c1ncnc(C(C)C)c1-n1c(=O)c2c(c3cc(F)c(-c4c(O)cccc4F)c(F)c31)N1C[C@@H](C)CC[C@@H]1C(=O)N2C. The Morgan fingerprint density at radius 1 is 0.909 bits per heavy atom. The maximum absolute atomic E-state index is 17.2. The van der Waals surface area contributed by atoms with Crippen LogP contribution in [0.1, 0.15) is 70.7 Å². The molecule has 0 spiro atoms. The summed E-state index contributed by atoms with van der Waals surface area (Å²) in [4.78, 5) is 40.5. The number of halogens is 3. The molecule has 2 atom stereocenters. The van der Waals surface area contributed by atoms with Gasteiger partial charge in [-0.3, -0.25) is 14.2 Å². The van der Waals surface area contributed by atoms with Crippen molar-refractivity contribution in [2.75, 3.05) is 23.4 Å².